The van der Waals surface area contributed by atoms with E-state index in [1.165, 1.54) is 38.5 Å². The summed E-state index contributed by atoms with van der Waals surface area (Å²) in [7, 11) is 0. The minimum absolute atomic E-state index is 0.118. The molecule has 0 N–H and O–H groups in total. The normalized spacial score (nSPS) is 10.8. The van der Waals surface area contributed by atoms with Crippen LogP contribution in [-0.2, 0) is 6.54 Å². The van der Waals surface area contributed by atoms with Crippen LogP contribution in [0.15, 0.2) is 17.1 Å². The zero-order chi connectivity index (χ0) is 13.2. The molecule has 4 heteroatoms. The predicted octanol–water partition coefficient (Wildman–Crippen LogP) is 3.68. The first-order chi connectivity index (χ1) is 8.74. The number of unbranched alkanes of at least 4 members (excludes halogenated alkanes) is 6. The number of rotatable bonds is 9. The Morgan fingerprint density at radius 1 is 1.11 bits per heavy atom. The first-order valence-corrected chi connectivity index (χ1v) is 7.96. The molecule has 0 aromatic carbocycles. The highest BCUT2D eigenvalue weighted by Gasteiger charge is 1.97. The van der Waals surface area contributed by atoms with Gasteiger partial charge in [0.15, 0.2) is 0 Å². The summed E-state index contributed by atoms with van der Waals surface area (Å²) in [4.78, 5) is 15.5. The van der Waals surface area contributed by atoms with Gasteiger partial charge in [-0.2, -0.15) is 4.98 Å². The lowest BCUT2D eigenvalue weighted by Crippen LogP contribution is -2.22. The Morgan fingerprint density at radius 2 is 1.72 bits per heavy atom. The predicted molar refractivity (Wildman–Crippen MR) is 79.3 cm³/mol. The van der Waals surface area contributed by atoms with E-state index in [1.807, 2.05) is 19.2 Å². The lowest BCUT2D eigenvalue weighted by atomic mass is 10.1. The molecule has 0 saturated carbocycles. The first-order valence-electron chi connectivity index (χ1n) is 6.84. The van der Waals surface area contributed by atoms with Crippen LogP contribution in [-0.4, -0.2) is 14.9 Å². The second-order valence-electron chi connectivity index (χ2n) is 4.71. The van der Waals surface area contributed by atoms with Gasteiger partial charge in [0, 0.05) is 23.8 Å². The highest BCUT2D eigenvalue weighted by Crippen LogP contribution is 2.08. The third-order valence-electron chi connectivity index (χ3n) is 3.05. The van der Waals surface area contributed by atoms with E-state index in [0.29, 0.717) is 0 Å². The van der Waals surface area contributed by atoms with Crippen LogP contribution in [0.25, 0.3) is 0 Å². The Labute approximate surface area is 118 Å². The molecule has 0 unspecified atom stereocenters. The van der Waals surface area contributed by atoms with E-state index in [4.69, 9.17) is 0 Å². The summed E-state index contributed by atoms with van der Waals surface area (Å²) in [5.41, 5.74) is 0.676. The maximum absolute atomic E-state index is 11.5. The molecular formula is C14H23BrN2O. The lowest BCUT2D eigenvalue weighted by molar-refractivity contribution is 0.537. The smallest absolute Gasteiger partial charge is 0.299 e. The summed E-state index contributed by atoms with van der Waals surface area (Å²) in [5, 5.41) is 1.12. The summed E-state index contributed by atoms with van der Waals surface area (Å²) in [6.07, 6.45) is 10.7. The molecule has 0 aliphatic heterocycles. The van der Waals surface area contributed by atoms with Gasteiger partial charge >= 0.3 is 5.69 Å². The molecule has 0 aliphatic rings. The summed E-state index contributed by atoms with van der Waals surface area (Å²) in [6, 6.07) is 1.89. The maximum Gasteiger partial charge on any atom is 0.347 e. The summed E-state index contributed by atoms with van der Waals surface area (Å²) in [6.45, 7) is 2.65. The van der Waals surface area contributed by atoms with E-state index in [0.717, 1.165) is 24.0 Å². The van der Waals surface area contributed by atoms with E-state index >= 15 is 0 Å². The Hall–Kier alpha value is -0.640. The van der Waals surface area contributed by atoms with Crippen LogP contribution in [0.2, 0.25) is 0 Å². The molecular weight excluding hydrogens is 292 g/mol. The van der Waals surface area contributed by atoms with Crippen LogP contribution < -0.4 is 5.69 Å². The molecule has 0 radical (unpaired) electrons. The largest absolute Gasteiger partial charge is 0.347 e. The van der Waals surface area contributed by atoms with Crippen molar-refractivity contribution in [3.63, 3.8) is 0 Å². The zero-order valence-corrected chi connectivity index (χ0v) is 12.8. The van der Waals surface area contributed by atoms with Gasteiger partial charge in [0.2, 0.25) is 0 Å². The molecule has 0 amide bonds. The van der Waals surface area contributed by atoms with Gasteiger partial charge in [0.1, 0.15) is 0 Å². The van der Waals surface area contributed by atoms with E-state index in [2.05, 4.69) is 20.9 Å². The molecule has 18 heavy (non-hydrogen) atoms. The average molecular weight is 315 g/mol. The number of hydrogen-bond donors (Lipinski definition) is 0. The molecule has 0 spiro atoms. The molecule has 0 atom stereocenters. The Kier molecular flexibility index (Phi) is 7.98. The molecule has 102 valence electrons. The fraction of sp³-hybridized carbons (Fsp3) is 0.714. The molecule has 0 saturated heterocycles. The van der Waals surface area contributed by atoms with Gasteiger partial charge < -0.3 is 0 Å². The fourth-order valence-corrected chi connectivity index (χ4v) is 2.34. The van der Waals surface area contributed by atoms with E-state index in [9.17, 15) is 4.79 Å². The van der Waals surface area contributed by atoms with Crippen molar-refractivity contribution < 1.29 is 0 Å². The number of halogens is 1. The van der Waals surface area contributed by atoms with Crippen molar-refractivity contribution in [1.82, 2.24) is 9.55 Å². The molecule has 1 heterocycles. The van der Waals surface area contributed by atoms with Crippen molar-refractivity contribution in [3.05, 3.63) is 28.4 Å². The fourth-order valence-electron chi connectivity index (χ4n) is 1.94. The maximum atomic E-state index is 11.5. The van der Waals surface area contributed by atoms with Crippen molar-refractivity contribution in [1.29, 1.82) is 0 Å². The van der Waals surface area contributed by atoms with Gasteiger partial charge in [-0.25, -0.2) is 4.79 Å². The van der Waals surface area contributed by atoms with Gasteiger partial charge in [-0.05, 0) is 25.8 Å². The molecule has 0 bridgehead atoms. The van der Waals surface area contributed by atoms with Crippen LogP contribution in [0.5, 0.6) is 0 Å². The van der Waals surface area contributed by atoms with Gasteiger partial charge in [0.05, 0.1) is 0 Å². The second kappa shape index (κ2) is 9.31. The van der Waals surface area contributed by atoms with E-state index < -0.39 is 0 Å². The van der Waals surface area contributed by atoms with Crippen LogP contribution in [0.3, 0.4) is 0 Å². The molecule has 0 fully saturated rings. The van der Waals surface area contributed by atoms with Crippen LogP contribution in [0, 0.1) is 6.92 Å². The van der Waals surface area contributed by atoms with Crippen molar-refractivity contribution in [2.24, 2.45) is 0 Å². The summed E-state index contributed by atoms with van der Waals surface area (Å²) >= 11 is 3.44. The van der Waals surface area contributed by atoms with E-state index in [-0.39, 0.29) is 5.69 Å². The van der Waals surface area contributed by atoms with Crippen molar-refractivity contribution >= 4 is 15.9 Å². The zero-order valence-electron chi connectivity index (χ0n) is 11.2. The van der Waals surface area contributed by atoms with Crippen LogP contribution in [0.1, 0.15) is 50.6 Å². The Balaban J connectivity index is 2.09. The van der Waals surface area contributed by atoms with Crippen molar-refractivity contribution in [3.8, 4) is 0 Å². The topological polar surface area (TPSA) is 34.9 Å². The van der Waals surface area contributed by atoms with Crippen LogP contribution >= 0.6 is 15.9 Å². The Morgan fingerprint density at radius 3 is 2.33 bits per heavy atom. The second-order valence-corrected chi connectivity index (χ2v) is 5.50. The van der Waals surface area contributed by atoms with E-state index in [1.54, 1.807) is 4.57 Å². The number of nitrogens with zero attached hydrogens (tertiary/aromatic N) is 2. The van der Waals surface area contributed by atoms with Crippen molar-refractivity contribution in [2.45, 2.75) is 58.4 Å². The summed E-state index contributed by atoms with van der Waals surface area (Å²) < 4.78 is 1.71. The summed E-state index contributed by atoms with van der Waals surface area (Å²) in [5.74, 6) is 0. The molecule has 1 rings (SSSR count). The quantitative estimate of drug-likeness (QED) is 0.515. The van der Waals surface area contributed by atoms with Gasteiger partial charge in [-0.3, -0.25) is 4.57 Å². The van der Waals surface area contributed by atoms with Crippen LogP contribution in [0.4, 0.5) is 0 Å². The average Bonchev–Trinajstić information content (AvgIpc) is 2.35. The third-order valence-corrected chi connectivity index (χ3v) is 3.61. The SMILES string of the molecule is Cc1ccn(CCCCCCCCCBr)c(=O)n1. The Bertz CT molecular complexity index is 390. The number of alkyl halides is 1. The molecule has 1 aromatic heterocycles. The number of aromatic nitrogens is 2. The molecule has 3 nitrogen and oxygen atoms in total. The first kappa shape index (κ1) is 15.4. The molecule has 1 aromatic rings. The number of aryl methyl sites for hydroxylation is 2. The van der Waals surface area contributed by atoms with Gasteiger partial charge in [-0.15, -0.1) is 0 Å². The highest BCUT2D eigenvalue weighted by molar-refractivity contribution is 9.09. The monoisotopic (exact) mass is 314 g/mol. The number of hydrogen-bond acceptors (Lipinski definition) is 2. The van der Waals surface area contributed by atoms with Crippen molar-refractivity contribution in [2.75, 3.05) is 5.33 Å². The highest BCUT2D eigenvalue weighted by atomic mass is 79.9. The minimum atomic E-state index is -0.118. The van der Waals surface area contributed by atoms with Gasteiger partial charge in [0.25, 0.3) is 0 Å². The van der Waals surface area contributed by atoms with Gasteiger partial charge in [-0.1, -0.05) is 48.0 Å². The third kappa shape index (κ3) is 6.34. The standard InChI is InChI=1S/C14H23BrN2O/c1-13-9-12-17(14(18)16-13)11-8-6-4-2-3-5-7-10-15/h9,12H,2-8,10-11H2,1H3. The lowest BCUT2D eigenvalue weighted by Gasteiger charge is -2.05. The minimum Gasteiger partial charge on any atom is -0.299 e. The molecule has 0 aliphatic carbocycles.